The molecular formula is C13H14O2S. The molecule has 0 radical (unpaired) electrons. The first kappa shape index (κ1) is 11.3. The third kappa shape index (κ3) is 2.14. The molecule has 0 bridgehead atoms. The van der Waals surface area contributed by atoms with Crippen LogP contribution >= 0.6 is 11.8 Å². The SMILES string of the molecule is C=C(C(=O)OC)c1ccc2c(c1)CCCS2. The van der Waals surface area contributed by atoms with E-state index >= 15 is 0 Å². The molecule has 0 aliphatic carbocycles. The van der Waals surface area contributed by atoms with Gasteiger partial charge in [-0.05, 0) is 41.9 Å². The molecule has 0 aromatic heterocycles. The lowest BCUT2D eigenvalue weighted by atomic mass is 10.0. The van der Waals surface area contributed by atoms with Gasteiger partial charge in [0.15, 0.2) is 0 Å². The summed E-state index contributed by atoms with van der Waals surface area (Å²) in [5.74, 6) is 0.827. The fraction of sp³-hybridized carbons (Fsp3) is 0.308. The van der Waals surface area contributed by atoms with E-state index in [1.54, 1.807) is 0 Å². The lowest BCUT2D eigenvalue weighted by Gasteiger charge is -2.16. The van der Waals surface area contributed by atoms with Crippen LogP contribution in [0.5, 0.6) is 0 Å². The van der Waals surface area contributed by atoms with Crippen LogP contribution in [0, 0.1) is 0 Å². The van der Waals surface area contributed by atoms with Gasteiger partial charge in [0.25, 0.3) is 0 Å². The number of hydrogen-bond acceptors (Lipinski definition) is 3. The van der Waals surface area contributed by atoms with Crippen LogP contribution in [0.15, 0.2) is 29.7 Å². The molecule has 3 heteroatoms. The number of methoxy groups -OCH3 is 1. The molecule has 0 saturated carbocycles. The van der Waals surface area contributed by atoms with Gasteiger partial charge in [-0.25, -0.2) is 4.79 Å². The van der Waals surface area contributed by atoms with Gasteiger partial charge in [0.1, 0.15) is 0 Å². The Morgan fingerprint density at radius 1 is 1.50 bits per heavy atom. The van der Waals surface area contributed by atoms with E-state index in [0.29, 0.717) is 5.57 Å². The molecule has 0 saturated heterocycles. The van der Waals surface area contributed by atoms with Crippen LogP contribution in [0.3, 0.4) is 0 Å². The highest BCUT2D eigenvalue weighted by Crippen LogP contribution is 2.31. The number of thioether (sulfide) groups is 1. The lowest BCUT2D eigenvalue weighted by Crippen LogP contribution is -2.04. The van der Waals surface area contributed by atoms with E-state index in [4.69, 9.17) is 0 Å². The first-order valence-corrected chi connectivity index (χ1v) is 6.24. The molecular weight excluding hydrogens is 220 g/mol. The fourth-order valence-electron chi connectivity index (χ4n) is 1.79. The molecule has 1 heterocycles. The number of aryl methyl sites for hydroxylation is 1. The van der Waals surface area contributed by atoms with Crippen LogP contribution < -0.4 is 0 Å². The predicted octanol–water partition coefficient (Wildman–Crippen LogP) is 2.91. The summed E-state index contributed by atoms with van der Waals surface area (Å²) < 4.78 is 4.67. The Kier molecular flexibility index (Phi) is 3.34. The summed E-state index contributed by atoms with van der Waals surface area (Å²) >= 11 is 1.88. The first-order chi connectivity index (χ1) is 7.72. The topological polar surface area (TPSA) is 26.3 Å². The van der Waals surface area contributed by atoms with Gasteiger partial charge in [-0.15, -0.1) is 11.8 Å². The van der Waals surface area contributed by atoms with Crippen molar-refractivity contribution in [1.82, 2.24) is 0 Å². The second-order valence-corrected chi connectivity index (χ2v) is 4.88. The molecule has 0 unspecified atom stereocenters. The standard InChI is InChI=1S/C13H14O2S/c1-9(13(14)15-2)10-5-6-12-11(8-10)4-3-7-16-12/h5-6,8H,1,3-4,7H2,2H3. The normalized spacial score (nSPS) is 14.1. The van der Waals surface area contributed by atoms with E-state index < -0.39 is 0 Å². The smallest absolute Gasteiger partial charge is 0.337 e. The lowest BCUT2D eigenvalue weighted by molar-refractivity contribution is -0.133. The van der Waals surface area contributed by atoms with Gasteiger partial charge in [-0.2, -0.15) is 0 Å². The summed E-state index contributed by atoms with van der Waals surface area (Å²) in [5, 5.41) is 0. The number of ether oxygens (including phenoxy) is 1. The zero-order chi connectivity index (χ0) is 11.5. The average Bonchev–Trinajstić information content (AvgIpc) is 2.36. The van der Waals surface area contributed by atoms with E-state index in [2.05, 4.69) is 23.4 Å². The number of esters is 1. The summed E-state index contributed by atoms with van der Waals surface area (Å²) in [6.07, 6.45) is 2.29. The minimum atomic E-state index is -0.358. The van der Waals surface area contributed by atoms with E-state index in [1.165, 1.54) is 29.7 Å². The molecule has 0 fully saturated rings. The minimum Gasteiger partial charge on any atom is -0.465 e. The van der Waals surface area contributed by atoms with Gasteiger partial charge in [-0.1, -0.05) is 12.6 Å². The molecule has 0 amide bonds. The summed E-state index contributed by atoms with van der Waals surface area (Å²) in [6.45, 7) is 3.76. The molecule has 0 spiro atoms. The van der Waals surface area contributed by atoms with Gasteiger partial charge in [0.2, 0.25) is 0 Å². The van der Waals surface area contributed by atoms with E-state index in [9.17, 15) is 4.79 Å². The maximum absolute atomic E-state index is 11.4. The Bertz CT molecular complexity index is 438. The number of fused-ring (bicyclic) bond motifs is 1. The van der Waals surface area contributed by atoms with Crippen molar-refractivity contribution in [3.63, 3.8) is 0 Å². The zero-order valence-corrected chi connectivity index (χ0v) is 10.1. The Hall–Kier alpha value is -1.22. The number of carbonyl (C=O) groups is 1. The molecule has 2 nitrogen and oxygen atoms in total. The molecule has 1 aromatic carbocycles. The second kappa shape index (κ2) is 4.74. The van der Waals surface area contributed by atoms with Gasteiger partial charge in [0, 0.05) is 4.90 Å². The predicted molar refractivity (Wildman–Crippen MR) is 66.5 cm³/mol. The van der Waals surface area contributed by atoms with Crippen LogP contribution in [0.2, 0.25) is 0 Å². The van der Waals surface area contributed by atoms with Crippen molar-refractivity contribution >= 4 is 23.3 Å². The Labute approximate surface area is 99.7 Å². The van der Waals surface area contributed by atoms with Crippen LogP contribution in [0.4, 0.5) is 0 Å². The van der Waals surface area contributed by atoms with E-state index in [-0.39, 0.29) is 5.97 Å². The zero-order valence-electron chi connectivity index (χ0n) is 9.29. The highest BCUT2D eigenvalue weighted by Gasteiger charge is 2.14. The van der Waals surface area contributed by atoms with Crippen molar-refractivity contribution in [1.29, 1.82) is 0 Å². The van der Waals surface area contributed by atoms with Crippen molar-refractivity contribution in [2.24, 2.45) is 0 Å². The van der Waals surface area contributed by atoms with Gasteiger partial charge < -0.3 is 4.74 Å². The highest BCUT2D eigenvalue weighted by molar-refractivity contribution is 7.99. The summed E-state index contributed by atoms with van der Waals surface area (Å²) in [6, 6.07) is 6.07. The van der Waals surface area contributed by atoms with Crippen molar-refractivity contribution < 1.29 is 9.53 Å². The molecule has 1 aliphatic heterocycles. The molecule has 1 aromatic rings. The maximum atomic E-state index is 11.4. The monoisotopic (exact) mass is 234 g/mol. The second-order valence-electron chi connectivity index (χ2n) is 3.74. The third-order valence-electron chi connectivity index (χ3n) is 2.69. The molecule has 0 atom stereocenters. The quantitative estimate of drug-likeness (QED) is 0.581. The van der Waals surface area contributed by atoms with Crippen molar-refractivity contribution in [3.8, 4) is 0 Å². The molecule has 16 heavy (non-hydrogen) atoms. The van der Waals surface area contributed by atoms with E-state index in [0.717, 1.165) is 12.0 Å². The largest absolute Gasteiger partial charge is 0.465 e. The summed E-state index contributed by atoms with van der Waals surface area (Å²) in [7, 11) is 1.38. The number of rotatable bonds is 2. The highest BCUT2D eigenvalue weighted by atomic mass is 32.2. The summed E-state index contributed by atoms with van der Waals surface area (Å²) in [4.78, 5) is 12.7. The van der Waals surface area contributed by atoms with Crippen LogP contribution in [0.1, 0.15) is 17.5 Å². The summed E-state index contributed by atoms with van der Waals surface area (Å²) in [5.41, 5.74) is 2.62. The van der Waals surface area contributed by atoms with Crippen LogP contribution in [0.25, 0.3) is 5.57 Å². The van der Waals surface area contributed by atoms with Crippen molar-refractivity contribution in [2.75, 3.05) is 12.9 Å². The Morgan fingerprint density at radius 2 is 2.31 bits per heavy atom. The maximum Gasteiger partial charge on any atom is 0.337 e. The van der Waals surface area contributed by atoms with E-state index in [1.807, 2.05) is 17.8 Å². The van der Waals surface area contributed by atoms with Crippen molar-refractivity contribution in [3.05, 3.63) is 35.9 Å². The van der Waals surface area contributed by atoms with Crippen LogP contribution in [-0.4, -0.2) is 18.8 Å². The number of hydrogen-bond donors (Lipinski definition) is 0. The molecule has 1 aliphatic rings. The average molecular weight is 234 g/mol. The van der Waals surface area contributed by atoms with Gasteiger partial charge in [-0.3, -0.25) is 0 Å². The Balaban J connectivity index is 2.30. The first-order valence-electron chi connectivity index (χ1n) is 5.25. The van der Waals surface area contributed by atoms with Gasteiger partial charge >= 0.3 is 5.97 Å². The minimum absolute atomic E-state index is 0.358. The Morgan fingerprint density at radius 3 is 3.06 bits per heavy atom. The molecule has 2 rings (SSSR count). The van der Waals surface area contributed by atoms with Crippen LogP contribution in [-0.2, 0) is 16.0 Å². The molecule has 0 N–H and O–H groups in total. The third-order valence-corrected chi connectivity index (χ3v) is 3.89. The molecule has 84 valence electrons. The van der Waals surface area contributed by atoms with Gasteiger partial charge in [0.05, 0.1) is 12.7 Å². The fourth-order valence-corrected chi connectivity index (χ4v) is 2.81. The number of carbonyl (C=O) groups excluding carboxylic acids is 1. The number of benzene rings is 1. The van der Waals surface area contributed by atoms with Crippen molar-refractivity contribution in [2.45, 2.75) is 17.7 Å².